The van der Waals surface area contributed by atoms with Gasteiger partial charge < -0.3 is 14.4 Å². The summed E-state index contributed by atoms with van der Waals surface area (Å²) in [6.07, 6.45) is 18.6. The SMILES string of the molecule is C=Cc1c(/C=C\N2P/C=C\C=C/Cc3ccccc32)oc2ccc(/C=C/C(C(=C)CC)=C(\C)Nc3ccccc3)cc12. The van der Waals surface area contributed by atoms with Crippen LogP contribution < -0.4 is 9.99 Å². The number of nitrogens with one attached hydrogen (secondary N) is 1. The number of hydrogen-bond acceptors (Lipinski definition) is 3. The van der Waals surface area contributed by atoms with Gasteiger partial charge in [-0.2, -0.15) is 0 Å². The number of furan rings is 1. The Labute approximate surface area is 251 Å². The number of nitrogens with zero attached hydrogens (tertiary/aromatic N) is 1. The minimum atomic E-state index is 0.485. The molecule has 4 heteroatoms. The van der Waals surface area contributed by atoms with Crippen molar-refractivity contribution in [2.24, 2.45) is 0 Å². The quantitative estimate of drug-likeness (QED) is 0.161. The van der Waals surface area contributed by atoms with E-state index in [4.69, 9.17) is 4.42 Å². The molecule has 1 N–H and O–H groups in total. The Balaban J connectivity index is 1.44. The van der Waals surface area contributed by atoms with Gasteiger partial charge in [0, 0.05) is 43.0 Å². The third kappa shape index (κ3) is 6.82. The first-order valence-corrected chi connectivity index (χ1v) is 15.3. The van der Waals surface area contributed by atoms with Gasteiger partial charge in [0.2, 0.25) is 0 Å². The summed E-state index contributed by atoms with van der Waals surface area (Å²) in [4.78, 5) is 0. The number of allylic oxidation sites excluding steroid dienone is 7. The lowest BCUT2D eigenvalue weighted by atomic mass is 10.0. The minimum Gasteiger partial charge on any atom is -0.456 e. The number of fused-ring (bicyclic) bond motifs is 2. The lowest BCUT2D eigenvalue weighted by molar-refractivity contribution is 0.603. The van der Waals surface area contributed by atoms with Gasteiger partial charge in [-0.3, -0.25) is 0 Å². The maximum absolute atomic E-state index is 6.32. The van der Waals surface area contributed by atoms with Gasteiger partial charge >= 0.3 is 0 Å². The van der Waals surface area contributed by atoms with Crippen molar-refractivity contribution < 1.29 is 4.42 Å². The Morgan fingerprint density at radius 1 is 1.02 bits per heavy atom. The van der Waals surface area contributed by atoms with Crippen molar-refractivity contribution in [2.45, 2.75) is 26.7 Å². The first-order chi connectivity index (χ1) is 20.6. The second kappa shape index (κ2) is 13.9. The third-order valence-electron chi connectivity index (χ3n) is 7.26. The standard InChI is InChI=1S/C38H37N2OP/c1-5-28(3)34(29(4)39-32-17-10-7-11-18-32)22-20-30-21-23-37-35(27-30)33(6-2)38(41-37)24-25-40-36-19-13-12-16-31(36)15-9-8-14-26-42-40/h6-14,16-27,39,42H,2-3,5,15H2,1,4H3/b9-8-,22-20+,25-24-,26-14-,34-29-. The normalized spacial score (nSPS) is 16.1. The van der Waals surface area contributed by atoms with Crippen LogP contribution in [0.1, 0.15) is 42.7 Å². The van der Waals surface area contributed by atoms with Gasteiger partial charge in [-0.05, 0) is 84.3 Å². The molecule has 0 fully saturated rings. The Kier molecular flexibility index (Phi) is 9.54. The van der Waals surface area contributed by atoms with Gasteiger partial charge in [-0.25, -0.2) is 0 Å². The number of anilines is 2. The highest BCUT2D eigenvalue weighted by Gasteiger charge is 2.13. The molecule has 1 unspecified atom stereocenters. The van der Waals surface area contributed by atoms with Crippen LogP contribution in [-0.2, 0) is 6.42 Å². The van der Waals surface area contributed by atoms with E-state index in [-0.39, 0.29) is 0 Å². The van der Waals surface area contributed by atoms with Crippen LogP contribution in [0.25, 0.3) is 29.2 Å². The molecule has 3 aromatic carbocycles. The van der Waals surface area contributed by atoms with E-state index in [0.717, 1.165) is 63.2 Å². The number of rotatable bonds is 9. The Morgan fingerprint density at radius 3 is 2.64 bits per heavy atom. The van der Waals surface area contributed by atoms with Crippen LogP contribution in [-0.4, -0.2) is 0 Å². The molecule has 0 radical (unpaired) electrons. The van der Waals surface area contributed by atoms with Crippen LogP contribution in [0.4, 0.5) is 11.4 Å². The van der Waals surface area contributed by atoms with Gasteiger partial charge in [0.05, 0.1) is 0 Å². The topological polar surface area (TPSA) is 28.4 Å². The average molecular weight is 569 g/mol. The van der Waals surface area contributed by atoms with Crippen molar-refractivity contribution in [3.63, 3.8) is 0 Å². The predicted molar refractivity (Wildman–Crippen MR) is 186 cm³/mol. The summed E-state index contributed by atoms with van der Waals surface area (Å²) in [5.74, 6) is 3.00. The molecule has 1 aliphatic heterocycles. The fourth-order valence-electron chi connectivity index (χ4n) is 4.98. The van der Waals surface area contributed by atoms with Crippen LogP contribution in [0, 0.1) is 0 Å². The van der Waals surface area contributed by atoms with Crippen molar-refractivity contribution in [1.29, 1.82) is 0 Å². The molecule has 0 saturated heterocycles. The number of para-hydroxylation sites is 2. The predicted octanol–water partition coefficient (Wildman–Crippen LogP) is 11.1. The van der Waals surface area contributed by atoms with Crippen LogP contribution in [0.5, 0.6) is 0 Å². The molecular weight excluding hydrogens is 531 g/mol. The van der Waals surface area contributed by atoms with Gasteiger partial charge in [0.1, 0.15) is 11.3 Å². The zero-order valence-electron chi connectivity index (χ0n) is 24.3. The molecule has 3 nitrogen and oxygen atoms in total. The molecule has 4 aromatic rings. The second-order valence-electron chi connectivity index (χ2n) is 10.1. The van der Waals surface area contributed by atoms with Crippen LogP contribution in [0.3, 0.4) is 0 Å². The van der Waals surface area contributed by atoms with Gasteiger partial charge in [-0.15, -0.1) is 0 Å². The molecule has 210 valence electrons. The van der Waals surface area contributed by atoms with Crippen LogP contribution in [0.15, 0.2) is 144 Å². The molecule has 0 saturated carbocycles. The second-order valence-corrected chi connectivity index (χ2v) is 11.2. The molecule has 1 aliphatic rings. The molecule has 1 aromatic heterocycles. The first-order valence-electron chi connectivity index (χ1n) is 14.3. The molecule has 42 heavy (non-hydrogen) atoms. The van der Waals surface area contributed by atoms with Gasteiger partial charge in [0.25, 0.3) is 0 Å². The molecule has 0 amide bonds. The van der Waals surface area contributed by atoms with E-state index in [1.165, 1.54) is 11.3 Å². The molecular formula is C38H37N2OP. The molecule has 2 heterocycles. The van der Waals surface area contributed by atoms with E-state index in [9.17, 15) is 0 Å². The van der Waals surface area contributed by atoms with Crippen molar-refractivity contribution in [2.75, 3.05) is 9.99 Å². The van der Waals surface area contributed by atoms with E-state index in [1.807, 2.05) is 30.3 Å². The molecule has 1 atom stereocenters. The van der Waals surface area contributed by atoms with Crippen LogP contribution in [0.2, 0.25) is 0 Å². The highest BCUT2D eigenvalue weighted by molar-refractivity contribution is 7.43. The summed E-state index contributed by atoms with van der Waals surface area (Å²) in [5.41, 5.74) is 9.75. The summed E-state index contributed by atoms with van der Waals surface area (Å²) in [6, 6.07) is 25.1. The molecule has 0 spiro atoms. The van der Waals surface area contributed by atoms with E-state index < -0.39 is 0 Å². The minimum absolute atomic E-state index is 0.485. The molecule has 0 bridgehead atoms. The van der Waals surface area contributed by atoms with E-state index in [1.54, 1.807) is 0 Å². The Bertz CT molecular complexity index is 1730. The number of hydrogen-bond donors (Lipinski definition) is 1. The molecule has 5 rings (SSSR count). The summed E-state index contributed by atoms with van der Waals surface area (Å²) in [5, 5.41) is 4.57. The summed E-state index contributed by atoms with van der Waals surface area (Å²) in [7, 11) is 0.485. The summed E-state index contributed by atoms with van der Waals surface area (Å²) < 4.78 is 8.61. The van der Waals surface area contributed by atoms with Crippen molar-refractivity contribution in [3.8, 4) is 0 Å². The highest BCUT2D eigenvalue weighted by atomic mass is 31.1. The van der Waals surface area contributed by atoms with E-state index in [2.05, 4.69) is 134 Å². The van der Waals surface area contributed by atoms with Crippen molar-refractivity contribution >= 4 is 49.3 Å². The lowest BCUT2D eigenvalue weighted by Crippen LogP contribution is -2.04. The van der Waals surface area contributed by atoms with Gasteiger partial charge in [0.15, 0.2) is 0 Å². The van der Waals surface area contributed by atoms with Crippen molar-refractivity contribution in [3.05, 3.63) is 162 Å². The monoisotopic (exact) mass is 568 g/mol. The van der Waals surface area contributed by atoms with Gasteiger partial charge in [-0.1, -0.05) is 99.0 Å². The fourth-order valence-corrected chi connectivity index (χ4v) is 5.86. The van der Waals surface area contributed by atoms with Crippen molar-refractivity contribution in [1.82, 2.24) is 0 Å². The zero-order valence-corrected chi connectivity index (χ0v) is 25.3. The van der Waals surface area contributed by atoms with E-state index >= 15 is 0 Å². The van der Waals surface area contributed by atoms with E-state index in [0.29, 0.717) is 8.73 Å². The summed E-state index contributed by atoms with van der Waals surface area (Å²) >= 11 is 0. The Hall–Kier alpha value is -4.59. The Morgan fingerprint density at radius 2 is 1.83 bits per heavy atom. The maximum Gasteiger partial charge on any atom is 0.136 e. The smallest absolute Gasteiger partial charge is 0.136 e. The summed E-state index contributed by atoms with van der Waals surface area (Å²) in [6.45, 7) is 12.7. The number of benzene rings is 3. The highest BCUT2D eigenvalue weighted by Crippen LogP contribution is 2.35. The van der Waals surface area contributed by atoms with Crippen LogP contribution >= 0.6 is 8.73 Å². The first kappa shape index (κ1) is 28.9. The third-order valence-corrected chi connectivity index (χ3v) is 8.27. The molecule has 0 aliphatic carbocycles. The zero-order chi connectivity index (χ0) is 29.3. The largest absolute Gasteiger partial charge is 0.456 e. The maximum atomic E-state index is 6.32. The lowest BCUT2D eigenvalue weighted by Gasteiger charge is -2.21. The average Bonchev–Trinajstić information content (AvgIpc) is 3.41. The fraction of sp³-hybridized carbons (Fsp3) is 0.105.